The highest BCUT2D eigenvalue weighted by Gasteiger charge is 2.18. The van der Waals surface area contributed by atoms with Gasteiger partial charge in [0.15, 0.2) is 6.04 Å². The molecule has 0 fully saturated rings. The van der Waals surface area contributed by atoms with Crippen LogP contribution < -0.4 is 10.6 Å². The van der Waals surface area contributed by atoms with E-state index in [1.165, 1.54) is 11.1 Å². The lowest BCUT2D eigenvalue weighted by molar-refractivity contribution is -0.688. The zero-order valence-electron chi connectivity index (χ0n) is 14.3. The molecule has 0 heterocycles. The van der Waals surface area contributed by atoms with Gasteiger partial charge in [-0.3, -0.25) is 4.79 Å². The molecule has 122 valence electrons. The number of anilines is 1. The van der Waals surface area contributed by atoms with Crippen molar-refractivity contribution in [2.75, 3.05) is 5.32 Å². The van der Waals surface area contributed by atoms with Crippen LogP contribution in [0.5, 0.6) is 0 Å². The molecule has 0 aliphatic rings. The van der Waals surface area contributed by atoms with Crippen LogP contribution in [0.4, 0.5) is 5.69 Å². The normalized spacial score (nSPS) is 13.3. The van der Waals surface area contributed by atoms with Crippen LogP contribution >= 0.6 is 0 Å². The average Bonchev–Trinajstić information content (AvgIpc) is 2.60. The number of para-hydroxylation sites is 1. The zero-order chi connectivity index (χ0) is 16.7. The summed E-state index contributed by atoms with van der Waals surface area (Å²) in [6, 6.07) is 18.2. The topological polar surface area (TPSA) is 45.7 Å². The van der Waals surface area contributed by atoms with Gasteiger partial charge in [-0.05, 0) is 30.9 Å². The van der Waals surface area contributed by atoms with Gasteiger partial charge in [-0.25, -0.2) is 0 Å². The summed E-state index contributed by atoms with van der Waals surface area (Å²) in [5.41, 5.74) is 3.37. The van der Waals surface area contributed by atoms with Crippen molar-refractivity contribution in [1.82, 2.24) is 0 Å². The molecule has 1 amide bonds. The Bertz CT molecular complexity index is 625. The maximum Gasteiger partial charge on any atom is 0.282 e. The van der Waals surface area contributed by atoms with Crippen LogP contribution in [-0.4, -0.2) is 11.9 Å². The minimum Gasteiger partial charge on any atom is -0.333 e. The van der Waals surface area contributed by atoms with Crippen molar-refractivity contribution in [3.05, 3.63) is 65.7 Å². The van der Waals surface area contributed by atoms with E-state index in [-0.39, 0.29) is 11.9 Å². The second kappa shape index (κ2) is 8.49. The summed E-state index contributed by atoms with van der Waals surface area (Å²) in [5.74, 6) is 0.492. The number of benzene rings is 2. The third-order valence-corrected chi connectivity index (χ3v) is 4.33. The maximum absolute atomic E-state index is 12.5. The highest BCUT2D eigenvalue weighted by Crippen LogP contribution is 2.26. The van der Waals surface area contributed by atoms with Gasteiger partial charge in [0.1, 0.15) is 6.54 Å². The van der Waals surface area contributed by atoms with Crippen LogP contribution in [0.3, 0.4) is 0 Å². The van der Waals surface area contributed by atoms with E-state index >= 15 is 0 Å². The van der Waals surface area contributed by atoms with Crippen molar-refractivity contribution in [2.45, 2.75) is 45.7 Å². The molecular weight excluding hydrogens is 284 g/mol. The summed E-state index contributed by atoms with van der Waals surface area (Å²) in [7, 11) is 0. The standard InChI is InChI=1S/C20H26N2O/c1-4-15(2)18-12-8-9-13-19(18)22-20(23)16(3)21-14-17-10-6-5-7-11-17/h5-13,15-16,21H,4,14H2,1-3H3,(H,22,23)/p+1/t15-,16+/m1/s1. The number of hydrogen-bond acceptors (Lipinski definition) is 1. The average molecular weight is 311 g/mol. The van der Waals surface area contributed by atoms with Gasteiger partial charge in [-0.2, -0.15) is 0 Å². The van der Waals surface area contributed by atoms with Crippen LogP contribution in [0.25, 0.3) is 0 Å². The number of nitrogens with two attached hydrogens (primary N) is 1. The number of rotatable bonds is 7. The molecule has 0 unspecified atom stereocenters. The number of amides is 1. The van der Waals surface area contributed by atoms with Gasteiger partial charge in [0, 0.05) is 11.3 Å². The van der Waals surface area contributed by atoms with Gasteiger partial charge in [0.05, 0.1) is 0 Å². The van der Waals surface area contributed by atoms with E-state index in [0.717, 1.165) is 18.7 Å². The molecule has 3 nitrogen and oxygen atoms in total. The predicted octanol–water partition coefficient (Wildman–Crippen LogP) is 3.29. The Morgan fingerprint density at radius 1 is 1.04 bits per heavy atom. The number of hydrogen-bond donors (Lipinski definition) is 2. The molecule has 0 spiro atoms. The Kier molecular flexibility index (Phi) is 6.36. The largest absolute Gasteiger partial charge is 0.333 e. The van der Waals surface area contributed by atoms with Crippen molar-refractivity contribution < 1.29 is 10.1 Å². The van der Waals surface area contributed by atoms with Gasteiger partial charge in [0.2, 0.25) is 0 Å². The van der Waals surface area contributed by atoms with Crippen molar-refractivity contribution in [2.24, 2.45) is 0 Å². The number of carbonyl (C=O) groups excluding carboxylic acids is 1. The minimum absolute atomic E-state index is 0.0525. The number of nitrogens with one attached hydrogen (secondary N) is 1. The zero-order valence-corrected chi connectivity index (χ0v) is 14.3. The Morgan fingerprint density at radius 2 is 1.70 bits per heavy atom. The lowest BCUT2D eigenvalue weighted by atomic mass is 9.97. The second-order valence-corrected chi connectivity index (χ2v) is 6.10. The fourth-order valence-electron chi connectivity index (χ4n) is 2.54. The molecule has 3 N–H and O–H groups in total. The molecule has 2 aromatic carbocycles. The SMILES string of the molecule is CC[C@@H](C)c1ccccc1NC(=O)[C@H](C)[NH2+]Cc1ccccc1. The molecule has 2 atom stereocenters. The van der Waals surface area contributed by atoms with E-state index < -0.39 is 0 Å². The van der Waals surface area contributed by atoms with E-state index in [9.17, 15) is 4.79 Å². The van der Waals surface area contributed by atoms with E-state index in [1.807, 2.05) is 43.3 Å². The summed E-state index contributed by atoms with van der Waals surface area (Å²) in [4.78, 5) is 12.5. The van der Waals surface area contributed by atoms with Gasteiger partial charge < -0.3 is 10.6 Å². The minimum atomic E-state index is -0.125. The Hall–Kier alpha value is -2.13. The smallest absolute Gasteiger partial charge is 0.282 e. The van der Waals surface area contributed by atoms with Crippen molar-refractivity contribution >= 4 is 11.6 Å². The molecule has 2 aromatic rings. The van der Waals surface area contributed by atoms with Gasteiger partial charge >= 0.3 is 0 Å². The Morgan fingerprint density at radius 3 is 2.39 bits per heavy atom. The van der Waals surface area contributed by atoms with Crippen molar-refractivity contribution in [3.63, 3.8) is 0 Å². The Labute approximate surface area is 139 Å². The van der Waals surface area contributed by atoms with Gasteiger partial charge in [0.25, 0.3) is 5.91 Å². The van der Waals surface area contributed by atoms with Crippen LogP contribution in [0.1, 0.15) is 44.2 Å². The lowest BCUT2D eigenvalue weighted by Crippen LogP contribution is -2.90. The molecule has 0 aliphatic heterocycles. The van der Waals surface area contributed by atoms with E-state index in [0.29, 0.717) is 5.92 Å². The first kappa shape index (κ1) is 17.2. The number of carbonyl (C=O) groups is 1. The summed E-state index contributed by atoms with van der Waals surface area (Å²) in [6.45, 7) is 7.11. The first-order chi connectivity index (χ1) is 11.1. The highest BCUT2D eigenvalue weighted by molar-refractivity contribution is 5.94. The first-order valence-electron chi connectivity index (χ1n) is 8.38. The number of quaternary nitrogens is 1. The molecular formula is C20H27N2O+. The summed E-state index contributed by atoms with van der Waals surface area (Å²) in [6.07, 6.45) is 1.06. The summed E-state index contributed by atoms with van der Waals surface area (Å²) < 4.78 is 0. The van der Waals surface area contributed by atoms with Gasteiger partial charge in [-0.15, -0.1) is 0 Å². The van der Waals surface area contributed by atoms with Crippen molar-refractivity contribution in [1.29, 1.82) is 0 Å². The monoisotopic (exact) mass is 311 g/mol. The summed E-state index contributed by atoms with van der Waals surface area (Å²) in [5, 5.41) is 5.16. The molecule has 0 saturated carbocycles. The van der Waals surface area contributed by atoms with E-state index in [4.69, 9.17) is 0 Å². The van der Waals surface area contributed by atoms with Crippen LogP contribution in [0, 0.1) is 0 Å². The van der Waals surface area contributed by atoms with Gasteiger partial charge in [-0.1, -0.05) is 62.4 Å². The van der Waals surface area contributed by atoms with Crippen molar-refractivity contribution in [3.8, 4) is 0 Å². The van der Waals surface area contributed by atoms with Crippen LogP contribution in [0.15, 0.2) is 54.6 Å². The van der Waals surface area contributed by atoms with Crippen LogP contribution in [-0.2, 0) is 11.3 Å². The molecule has 0 bridgehead atoms. The molecule has 0 aliphatic carbocycles. The molecule has 23 heavy (non-hydrogen) atoms. The summed E-state index contributed by atoms with van der Waals surface area (Å²) >= 11 is 0. The molecule has 0 saturated heterocycles. The first-order valence-corrected chi connectivity index (χ1v) is 8.38. The van der Waals surface area contributed by atoms with E-state index in [1.54, 1.807) is 0 Å². The molecule has 0 radical (unpaired) electrons. The van der Waals surface area contributed by atoms with Crippen LogP contribution in [0.2, 0.25) is 0 Å². The third kappa shape index (κ3) is 4.93. The third-order valence-electron chi connectivity index (χ3n) is 4.33. The fourth-order valence-corrected chi connectivity index (χ4v) is 2.54. The lowest BCUT2D eigenvalue weighted by Gasteiger charge is -2.17. The predicted molar refractivity (Wildman–Crippen MR) is 95.3 cm³/mol. The van der Waals surface area contributed by atoms with E-state index in [2.05, 4.69) is 42.7 Å². The maximum atomic E-state index is 12.5. The molecule has 0 aromatic heterocycles. The molecule has 2 rings (SSSR count). The second-order valence-electron chi connectivity index (χ2n) is 6.10. The highest BCUT2D eigenvalue weighted by atomic mass is 16.2. The fraction of sp³-hybridized carbons (Fsp3) is 0.350. The molecule has 3 heteroatoms. The quantitative estimate of drug-likeness (QED) is 0.810. The Balaban J connectivity index is 1.96.